The lowest BCUT2D eigenvalue weighted by Gasteiger charge is -1.86. The van der Waals surface area contributed by atoms with Crippen molar-refractivity contribution in [3.05, 3.63) is 0 Å². The number of amides is 2. The molecule has 0 aliphatic rings. The molecule has 0 aliphatic heterocycles. The van der Waals surface area contributed by atoms with Gasteiger partial charge >= 0.3 is 12.0 Å². The molecule has 0 heterocycles. The number of urea groups is 1. The van der Waals surface area contributed by atoms with Crippen molar-refractivity contribution in [2.75, 3.05) is 0 Å². The first-order chi connectivity index (χ1) is 4.13. The van der Waals surface area contributed by atoms with Gasteiger partial charge in [0.25, 0.3) is 0 Å². The molecule has 0 radical (unpaired) electrons. The van der Waals surface area contributed by atoms with Gasteiger partial charge in [-0.3, -0.25) is 0 Å². The predicted octanol–water partition coefficient (Wildman–Crippen LogP) is -1.27. The molecule has 6 heteroatoms. The van der Waals surface area contributed by atoms with Gasteiger partial charge in [0.2, 0.25) is 0 Å². The molecule has 9 heavy (non-hydrogen) atoms. The van der Waals surface area contributed by atoms with Crippen LogP contribution in [0, 0.1) is 0 Å². The van der Waals surface area contributed by atoms with Crippen LogP contribution in [0.3, 0.4) is 0 Å². The fourth-order valence-electron chi connectivity index (χ4n) is 0.151. The Balaban J connectivity index is 3.48. The molecule has 4 N–H and O–H groups in total. The molecule has 0 bridgehead atoms. The fraction of sp³-hybridized carbons (Fsp3) is 0. The van der Waals surface area contributed by atoms with E-state index in [-0.39, 0.29) is 0 Å². The first-order valence-electron chi connectivity index (χ1n) is 1.94. The van der Waals surface area contributed by atoms with E-state index in [1.54, 1.807) is 5.43 Å². The molecule has 0 fully saturated rings. The van der Waals surface area contributed by atoms with Crippen LogP contribution in [0.4, 0.5) is 4.79 Å². The summed E-state index contributed by atoms with van der Waals surface area (Å²) in [6.45, 7) is 0. The Labute approximate surface area is 50.3 Å². The van der Waals surface area contributed by atoms with Crippen molar-refractivity contribution in [2.24, 2.45) is 10.8 Å². The number of nitrogens with two attached hydrogens (primary N) is 1. The van der Waals surface area contributed by atoms with E-state index in [4.69, 9.17) is 5.11 Å². The van der Waals surface area contributed by atoms with Gasteiger partial charge in [-0.25, -0.2) is 15.0 Å². The maximum atomic E-state index is 9.79. The van der Waals surface area contributed by atoms with Gasteiger partial charge in [0.15, 0.2) is 0 Å². The maximum absolute atomic E-state index is 9.79. The van der Waals surface area contributed by atoms with Crippen molar-refractivity contribution in [3.63, 3.8) is 0 Å². The standard InChI is InChI=1S/C3H5N3O3/c4-3(9)6-5-1-2(7)8/h1H,(H,7,8)(H3,4,6,9)/b5-1-. The lowest BCUT2D eigenvalue weighted by molar-refractivity contribution is -0.128. The van der Waals surface area contributed by atoms with Gasteiger partial charge in [-0.2, -0.15) is 5.10 Å². The molecule has 0 aromatic heterocycles. The summed E-state index contributed by atoms with van der Waals surface area (Å²) >= 11 is 0. The number of carbonyl (C=O) groups excluding carboxylic acids is 1. The van der Waals surface area contributed by atoms with Crippen molar-refractivity contribution >= 4 is 18.2 Å². The van der Waals surface area contributed by atoms with Gasteiger partial charge in [0, 0.05) is 0 Å². The van der Waals surface area contributed by atoms with Crippen molar-refractivity contribution in [1.82, 2.24) is 5.43 Å². The summed E-state index contributed by atoms with van der Waals surface area (Å²) in [6, 6.07) is -0.896. The minimum atomic E-state index is -1.25. The predicted molar refractivity (Wildman–Crippen MR) is 28.8 cm³/mol. The molecular formula is C3H5N3O3. The van der Waals surface area contributed by atoms with Gasteiger partial charge < -0.3 is 10.8 Å². The Bertz CT molecular complexity index is 152. The minimum Gasteiger partial charge on any atom is -0.477 e. The Hall–Kier alpha value is -1.59. The van der Waals surface area contributed by atoms with E-state index in [0.717, 1.165) is 0 Å². The highest BCUT2D eigenvalue weighted by Gasteiger charge is 1.86. The Morgan fingerprint density at radius 1 is 1.67 bits per heavy atom. The number of carbonyl (C=O) groups is 2. The van der Waals surface area contributed by atoms with Crippen LogP contribution in [0.2, 0.25) is 0 Å². The fourth-order valence-corrected chi connectivity index (χ4v) is 0.151. The lowest BCUT2D eigenvalue weighted by Crippen LogP contribution is -2.24. The van der Waals surface area contributed by atoms with Crippen LogP contribution < -0.4 is 11.2 Å². The molecule has 6 nitrogen and oxygen atoms in total. The summed E-state index contributed by atoms with van der Waals surface area (Å²) in [5.74, 6) is -1.25. The summed E-state index contributed by atoms with van der Waals surface area (Å²) in [5.41, 5.74) is 6.23. The van der Waals surface area contributed by atoms with Gasteiger partial charge in [0.1, 0.15) is 6.21 Å². The Kier molecular flexibility index (Phi) is 2.81. The van der Waals surface area contributed by atoms with Crippen molar-refractivity contribution < 1.29 is 14.7 Å². The number of carboxylic acid groups (broad SMARTS) is 1. The van der Waals surface area contributed by atoms with E-state index in [2.05, 4.69) is 10.8 Å². The van der Waals surface area contributed by atoms with E-state index >= 15 is 0 Å². The Morgan fingerprint density at radius 2 is 2.22 bits per heavy atom. The quantitative estimate of drug-likeness (QED) is 0.321. The average molecular weight is 131 g/mol. The van der Waals surface area contributed by atoms with E-state index in [9.17, 15) is 9.59 Å². The van der Waals surface area contributed by atoms with Crippen LogP contribution >= 0.6 is 0 Å². The van der Waals surface area contributed by atoms with E-state index in [1.165, 1.54) is 0 Å². The zero-order valence-corrected chi connectivity index (χ0v) is 4.37. The van der Waals surface area contributed by atoms with Crippen LogP contribution in [0.25, 0.3) is 0 Å². The van der Waals surface area contributed by atoms with Gasteiger partial charge in [0.05, 0.1) is 0 Å². The van der Waals surface area contributed by atoms with E-state index < -0.39 is 12.0 Å². The lowest BCUT2D eigenvalue weighted by atomic mass is 10.8. The molecular weight excluding hydrogens is 126 g/mol. The van der Waals surface area contributed by atoms with Crippen LogP contribution in [0.1, 0.15) is 0 Å². The van der Waals surface area contributed by atoms with Crippen molar-refractivity contribution in [3.8, 4) is 0 Å². The normalized spacial score (nSPS) is 9.33. The summed E-state index contributed by atoms with van der Waals surface area (Å²) in [4.78, 5) is 19.4. The number of hydrogen-bond acceptors (Lipinski definition) is 3. The van der Waals surface area contributed by atoms with Crippen LogP contribution in [-0.2, 0) is 4.79 Å². The number of carboxylic acids is 1. The van der Waals surface area contributed by atoms with Crippen molar-refractivity contribution in [1.29, 1.82) is 0 Å². The SMILES string of the molecule is NC(=O)N/N=C\C(=O)O. The zero-order chi connectivity index (χ0) is 7.28. The third-order valence-corrected chi connectivity index (χ3v) is 0.350. The molecule has 0 aliphatic carbocycles. The smallest absolute Gasteiger partial charge is 0.348 e. The first kappa shape index (κ1) is 7.41. The second kappa shape index (κ2) is 3.42. The molecule has 0 unspecified atom stereocenters. The second-order valence-corrected chi connectivity index (χ2v) is 1.07. The van der Waals surface area contributed by atoms with Crippen LogP contribution in [0.15, 0.2) is 5.10 Å². The van der Waals surface area contributed by atoms with Gasteiger partial charge in [-0.1, -0.05) is 0 Å². The molecule has 0 atom stereocenters. The monoisotopic (exact) mass is 131 g/mol. The molecule has 0 aromatic carbocycles. The maximum Gasteiger partial charge on any atom is 0.348 e. The highest BCUT2D eigenvalue weighted by Crippen LogP contribution is 1.57. The number of nitrogens with one attached hydrogen (secondary N) is 1. The summed E-state index contributed by atoms with van der Waals surface area (Å²) < 4.78 is 0. The first-order valence-corrected chi connectivity index (χ1v) is 1.94. The zero-order valence-electron chi connectivity index (χ0n) is 4.37. The van der Waals surface area contributed by atoms with E-state index in [1.807, 2.05) is 0 Å². The van der Waals surface area contributed by atoms with Crippen molar-refractivity contribution in [2.45, 2.75) is 0 Å². The highest BCUT2D eigenvalue weighted by atomic mass is 16.4. The number of nitrogens with zero attached hydrogens (tertiary/aromatic N) is 1. The molecule has 0 saturated carbocycles. The van der Waals surface area contributed by atoms with Crippen LogP contribution in [0.5, 0.6) is 0 Å². The molecule has 50 valence electrons. The number of hydrazone groups is 1. The number of hydrogen-bond donors (Lipinski definition) is 3. The van der Waals surface area contributed by atoms with Crippen LogP contribution in [-0.4, -0.2) is 23.3 Å². The average Bonchev–Trinajstić information content (AvgIpc) is 1.63. The third kappa shape index (κ3) is 6.41. The number of primary amides is 1. The molecule has 0 aromatic rings. The summed E-state index contributed by atoms with van der Waals surface area (Å²) in [5, 5.41) is 10.8. The van der Waals surface area contributed by atoms with Gasteiger partial charge in [-0.05, 0) is 0 Å². The third-order valence-electron chi connectivity index (χ3n) is 0.350. The summed E-state index contributed by atoms with van der Waals surface area (Å²) in [6.07, 6.45) is 0.519. The highest BCUT2D eigenvalue weighted by molar-refractivity contribution is 6.22. The van der Waals surface area contributed by atoms with Gasteiger partial charge in [-0.15, -0.1) is 0 Å². The molecule has 0 saturated heterocycles. The molecule has 0 spiro atoms. The molecule has 2 amide bonds. The summed E-state index contributed by atoms with van der Waals surface area (Å²) in [7, 11) is 0. The second-order valence-electron chi connectivity index (χ2n) is 1.07. The number of rotatable bonds is 2. The van der Waals surface area contributed by atoms with E-state index in [0.29, 0.717) is 6.21 Å². The topological polar surface area (TPSA) is 105 Å². The number of aliphatic carboxylic acids is 1. The minimum absolute atomic E-state index is 0.519. The largest absolute Gasteiger partial charge is 0.477 e. The Morgan fingerprint density at radius 3 is 2.56 bits per heavy atom. The molecule has 0 rings (SSSR count).